The number of nitrogens with two attached hydrogens (primary N) is 1. The van der Waals surface area contributed by atoms with Gasteiger partial charge in [0.15, 0.2) is 0 Å². The van der Waals surface area contributed by atoms with E-state index in [0.29, 0.717) is 5.02 Å². The highest BCUT2D eigenvalue weighted by atomic mass is 79.9. The highest BCUT2D eigenvalue weighted by molar-refractivity contribution is 9.10. The number of aliphatic hydroxyl groups is 1. The van der Waals surface area contributed by atoms with Gasteiger partial charge in [-0.05, 0) is 24.6 Å². The van der Waals surface area contributed by atoms with Crippen molar-refractivity contribution in [3.63, 3.8) is 0 Å². The van der Waals surface area contributed by atoms with Crippen molar-refractivity contribution >= 4 is 27.5 Å². The lowest BCUT2D eigenvalue weighted by Crippen LogP contribution is -2.23. The third kappa shape index (κ3) is 2.68. The Labute approximate surface area is 90.8 Å². The largest absolute Gasteiger partial charge is 0.391 e. The van der Waals surface area contributed by atoms with E-state index in [1.54, 1.807) is 13.0 Å². The Morgan fingerprint density at radius 2 is 2.15 bits per heavy atom. The first-order valence-electron chi connectivity index (χ1n) is 3.91. The zero-order chi connectivity index (χ0) is 10.0. The highest BCUT2D eigenvalue weighted by Gasteiger charge is 2.14. The van der Waals surface area contributed by atoms with Crippen LogP contribution in [0.5, 0.6) is 0 Å². The van der Waals surface area contributed by atoms with Crippen LogP contribution >= 0.6 is 27.5 Å². The van der Waals surface area contributed by atoms with Crippen LogP contribution in [-0.4, -0.2) is 11.2 Å². The minimum atomic E-state index is -0.598. The van der Waals surface area contributed by atoms with Crippen molar-refractivity contribution in [3.05, 3.63) is 33.3 Å². The molecular formula is C9H11BrClNO. The van der Waals surface area contributed by atoms with E-state index in [2.05, 4.69) is 15.9 Å². The monoisotopic (exact) mass is 263 g/mol. The number of rotatable bonds is 2. The molecule has 0 unspecified atom stereocenters. The number of aliphatic hydroxyl groups excluding tert-OH is 1. The van der Waals surface area contributed by atoms with E-state index < -0.39 is 12.1 Å². The first-order valence-corrected chi connectivity index (χ1v) is 5.08. The van der Waals surface area contributed by atoms with Crippen molar-refractivity contribution in [1.82, 2.24) is 0 Å². The van der Waals surface area contributed by atoms with Gasteiger partial charge in [0.2, 0.25) is 0 Å². The summed E-state index contributed by atoms with van der Waals surface area (Å²) in [5.74, 6) is 0. The second-order valence-corrected chi connectivity index (χ2v) is 4.26. The lowest BCUT2D eigenvalue weighted by molar-refractivity contribution is 0.164. The van der Waals surface area contributed by atoms with Gasteiger partial charge in [-0.3, -0.25) is 0 Å². The number of halogens is 2. The van der Waals surface area contributed by atoms with Crippen molar-refractivity contribution in [2.24, 2.45) is 5.73 Å². The smallest absolute Gasteiger partial charge is 0.0705 e. The molecule has 2 nitrogen and oxygen atoms in total. The summed E-state index contributed by atoms with van der Waals surface area (Å²) in [6.07, 6.45) is -0.598. The van der Waals surface area contributed by atoms with Crippen LogP contribution in [0.3, 0.4) is 0 Å². The first kappa shape index (κ1) is 11.0. The van der Waals surface area contributed by atoms with Crippen LogP contribution in [0.25, 0.3) is 0 Å². The molecule has 1 aromatic carbocycles. The fourth-order valence-electron chi connectivity index (χ4n) is 1.03. The molecule has 0 heterocycles. The molecule has 4 heteroatoms. The van der Waals surface area contributed by atoms with Gasteiger partial charge in [-0.25, -0.2) is 0 Å². The quantitative estimate of drug-likeness (QED) is 0.862. The topological polar surface area (TPSA) is 46.2 Å². The third-order valence-electron chi connectivity index (χ3n) is 1.84. The van der Waals surface area contributed by atoms with Gasteiger partial charge >= 0.3 is 0 Å². The maximum Gasteiger partial charge on any atom is 0.0705 e. The Bertz CT molecular complexity index is 304. The van der Waals surface area contributed by atoms with Gasteiger partial charge in [-0.1, -0.05) is 33.6 Å². The molecule has 0 saturated carbocycles. The van der Waals surface area contributed by atoms with Crippen molar-refractivity contribution < 1.29 is 5.11 Å². The summed E-state index contributed by atoms with van der Waals surface area (Å²) in [7, 11) is 0. The van der Waals surface area contributed by atoms with Gasteiger partial charge in [0.25, 0.3) is 0 Å². The Kier molecular flexibility index (Phi) is 3.74. The summed E-state index contributed by atoms with van der Waals surface area (Å²) < 4.78 is 0.902. The van der Waals surface area contributed by atoms with E-state index in [1.807, 2.05) is 12.1 Å². The van der Waals surface area contributed by atoms with Gasteiger partial charge < -0.3 is 10.8 Å². The summed E-state index contributed by atoms with van der Waals surface area (Å²) in [6, 6.07) is 4.99. The van der Waals surface area contributed by atoms with Gasteiger partial charge in [-0.2, -0.15) is 0 Å². The molecule has 0 fully saturated rings. The van der Waals surface area contributed by atoms with Crippen LogP contribution in [0.2, 0.25) is 5.02 Å². The number of hydrogen-bond donors (Lipinski definition) is 2. The summed E-state index contributed by atoms with van der Waals surface area (Å²) >= 11 is 9.24. The molecule has 1 rings (SSSR count). The van der Waals surface area contributed by atoms with E-state index in [1.165, 1.54) is 0 Å². The normalized spacial score (nSPS) is 15.5. The predicted molar refractivity (Wildman–Crippen MR) is 57.8 cm³/mol. The minimum absolute atomic E-state index is 0.430. The average molecular weight is 265 g/mol. The van der Waals surface area contributed by atoms with E-state index in [4.69, 9.17) is 17.3 Å². The molecule has 0 bridgehead atoms. The van der Waals surface area contributed by atoms with Gasteiger partial charge in [0.1, 0.15) is 0 Å². The van der Waals surface area contributed by atoms with Crippen molar-refractivity contribution in [2.75, 3.05) is 0 Å². The van der Waals surface area contributed by atoms with Gasteiger partial charge in [0.05, 0.1) is 12.1 Å². The zero-order valence-electron chi connectivity index (χ0n) is 7.17. The zero-order valence-corrected chi connectivity index (χ0v) is 9.51. The third-order valence-corrected chi connectivity index (χ3v) is 2.66. The minimum Gasteiger partial charge on any atom is -0.391 e. The molecule has 0 aliphatic carbocycles. The van der Waals surface area contributed by atoms with E-state index in [0.717, 1.165) is 10.0 Å². The predicted octanol–water partition coefficient (Wildman–Crippen LogP) is 2.48. The van der Waals surface area contributed by atoms with Gasteiger partial charge in [0, 0.05) is 9.50 Å². The summed E-state index contributed by atoms with van der Waals surface area (Å²) in [5, 5.41) is 9.84. The molecule has 0 spiro atoms. The molecule has 0 aliphatic heterocycles. The van der Waals surface area contributed by atoms with Crippen molar-refractivity contribution in [1.29, 1.82) is 0 Å². The first-order chi connectivity index (χ1) is 6.02. The molecule has 1 aromatic rings. The molecule has 0 aromatic heterocycles. The fraction of sp³-hybridized carbons (Fsp3) is 0.333. The molecule has 13 heavy (non-hydrogen) atoms. The van der Waals surface area contributed by atoms with Crippen molar-refractivity contribution in [2.45, 2.75) is 19.1 Å². The maximum atomic E-state index is 9.27. The van der Waals surface area contributed by atoms with Crippen LogP contribution in [-0.2, 0) is 0 Å². The summed E-state index contributed by atoms with van der Waals surface area (Å²) in [5.41, 5.74) is 6.50. The molecule has 0 radical (unpaired) electrons. The number of hydrogen-bond acceptors (Lipinski definition) is 2. The van der Waals surface area contributed by atoms with Crippen LogP contribution < -0.4 is 5.73 Å². The molecule has 0 saturated heterocycles. The second-order valence-electron chi connectivity index (χ2n) is 2.93. The van der Waals surface area contributed by atoms with Crippen LogP contribution in [0.4, 0.5) is 0 Å². The molecule has 0 aliphatic rings. The Balaban J connectivity index is 3.01. The van der Waals surface area contributed by atoms with E-state index >= 15 is 0 Å². The van der Waals surface area contributed by atoms with Crippen molar-refractivity contribution in [3.8, 4) is 0 Å². The van der Waals surface area contributed by atoms with Crippen LogP contribution in [0.1, 0.15) is 18.5 Å². The van der Waals surface area contributed by atoms with Gasteiger partial charge in [-0.15, -0.1) is 0 Å². The Morgan fingerprint density at radius 3 is 2.62 bits per heavy atom. The van der Waals surface area contributed by atoms with Crippen LogP contribution in [0.15, 0.2) is 22.7 Å². The Morgan fingerprint density at radius 1 is 1.54 bits per heavy atom. The standard InChI is InChI=1S/C9H11BrClNO/c1-5(13)9(12)7-3-2-6(10)4-8(7)11/h2-5,9,13H,12H2,1H3/t5-,9-/m1/s1. The molecule has 0 amide bonds. The fourth-order valence-corrected chi connectivity index (χ4v) is 1.83. The average Bonchev–Trinajstić information content (AvgIpc) is 2.03. The lowest BCUT2D eigenvalue weighted by Gasteiger charge is -2.16. The molecular weight excluding hydrogens is 253 g/mol. The Hall–Kier alpha value is -0.0900. The van der Waals surface area contributed by atoms with E-state index in [-0.39, 0.29) is 0 Å². The molecule has 2 atom stereocenters. The van der Waals surface area contributed by atoms with Crippen LogP contribution in [0, 0.1) is 0 Å². The highest BCUT2D eigenvalue weighted by Crippen LogP contribution is 2.26. The maximum absolute atomic E-state index is 9.27. The lowest BCUT2D eigenvalue weighted by atomic mass is 10.0. The molecule has 3 N–H and O–H groups in total. The summed E-state index contributed by atoms with van der Waals surface area (Å²) in [4.78, 5) is 0. The number of benzene rings is 1. The SMILES string of the molecule is C[C@@H](O)[C@@H](N)c1ccc(Br)cc1Cl. The summed E-state index contributed by atoms with van der Waals surface area (Å²) in [6.45, 7) is 1.64. The van der Waals surface area contributed by atoms with E-state index in [9.17, 15) is 5.11 Å². The molecule has 72 valence electrons. The second kappa shape index (κ2) is 4.42.